The summed E-state index contributed by atoms with van der Waals surface area (Å²) < 4.78 is 49.2. The van der Waals surface area contributed by atoms with E-state index < -0.39 is 40.2 Å². The summed E-state index contributed by atoms with van der Waals surface area (Å²) in [5, 5.41) is 2.81. The lowest BCUT2D eigenvalue weighted by atomic mass is 10.1. The van der Waals surface area contributed by atoms with Crippen molar-refractivity contribution >= 4 is 27.5 Å². The molecular weight excluding hydrogens is 545 g/mol. The van der Waals surface area contributed by atoms with Gasteiger partial charge in [0.2, 0.25) is 11.8 Å². The molecule has 1 N–H and O–H groups in total. The molecule has 0 aliphatic heterocycles. The van der Waals surface area contributed by atoms with Gasteiger partial charge in [-0.1, -0.05) is 55.3 Å². The third kappa shape index (κ3) is 7.85. The highest BCUT2D eigenvalue weighted by Crippen LogP contribution is 2.34. The molecule has 8 nitrogen and oxygen atoms in total. The summed E-state index contributed by atoms with van der Waals surface area (Å²) in [5.74, 6) is -1.37. The van der Waals surface area contributed by atoms with Crippen molar-refractivity contribution in [1.82, 2.24) is 10.2 Å². The smallest absolute Gasteiger partial charge is 0.264 e. The summed E-state index contributed by atoms with van der Waals surface area (Å²) in [6.45, 7) is 6.74. The first kappa shape index (κ1) is 31.6. The summed E-state index contributed by atoms with van der Waals surface area (Å²) in [5.41, 5.74) is 2.00. The van der Waals surface area contributed by atoms with Gasteiger partial charge in [-0.2, -0.15) is 0 Å². The molecule has 3 aromatic carbocycles. The number of carbonyl (C=O) groups is 2. The molecule has 41 heavy (non-hydrogen) atoms. The maximum Gasteiger partial charge on any atom is 0.264 e. The number of halogens is 1. The van der Waals surface area contributed by atoms with Crippen molar-refractivity contribution < 1.29 is 27.1 Å². The quantitative estimate of drug-likeness (QED) is 0.287. The largest absolute Gasteiger partial charge is 0.495 e. The van der Waals surface area contributed by atoms with Crippen LogP contribution in [0, 0.1) is 19.7 Å². The molecule has 0 fully saturated rings. The molecule has 2 amide bonds. The summed E-state index contributed by atoms with van der Waals surface area (Å²) in [6.07, 6.45) is 1.63. The zero-order chi connectivity index (χ0) is 30.2. The van der Waals surface area contributed by atoms with Crippen molar-refractivity contribution in [2.45, 2.75) is 58.0 Å². The molecule has 0 heterocycles. The van der Waals surface area contributed by atoms with Gasteiger partial charge in [-0.15, -0.1) is 0 Å². The Morgan fingerprint density at radius 3 is 2.29 bits per heavy atom. The van der Waals surface area contributed by atoms with Gasteiger partial charge in [0.15, 0.2) is 0 Å². The second kappa shape index (κ2) is 14.1. The summed E-state index contributed by atoms with van der Waals surface area (Å²) >= 11 is 0. The number of aryl methyl sites for hydroxylation is 2. The van der Waals surface area contributed by atoms with Crippen LogP contribution >= 0.6 is 0 Å². The van der Waals surface area contributed by atoms with Crippen LogP contribution < -0.4 is 14.4 Å². The lowest BCUT2D eigenvalue weighted by Crippen LogP contribution is -2.51. The van der Waals surface area contributed by atoms with E-state index in [2.05, 4.69) is 5.32 Å². The minimum atomic E-state index is -4.26. The Morgan fingerprint density at radius 1 is 1.00 bits per heavy atom. The molecular formula is C31H38FN3O5S. The van der Waals surface area contributed by atoms with E-state index in [0.717, 1.165) is 28.3 Å². The van der Waals surface area contributed by atoms with E-state index in [1.165, 1.54) is 42.3 Å². The molecule has 220 valence electrons. The normalized spacial score (nSPS) is 12.0. The molecule has 3 rings (SSSR count). The van der Waals surface area contributed by atoms with E-state index >= 15 is 0 Å². The van der Waals surface area contributed by atoms with Gasteiger partial charge < -0.3 is 15.0 Å². The molecule has 0 aromatic heterocycles. The molecule has 0 bridgehead atoms. The number of anilines is 1. The maximum absolute atomic E-state index is 14.7. The van der Waals surface area contributed by atoms with Crippen LogP contribution in [0.25, 0.3) is 0 Å². The first-order chi connectivity index (χ1) is 19.5. The Bertz CT molecular complexity index is 1460. The van der Waals surface area contributed by atoms with Gasteiger partial charge in [-0.25, -0.2) is 12.8 Å². The second-order valence-corrected chi connectivity index (χ2v) is 11.8. The van der Waals surface area contributed by atoms with Crippen LogP contribution in [-0.2, 0) is 26.2 Å². The van der Waals surface area contributed by atoms with Crippen molar-refractivity contribution in [2.75, 3.05) is 24.5 Å². The zero-order valence-electron chi connectivity index (χ0n) is 24.2. The number of rotatable bonds is 13. The molecule has 0 aliphatic rings. The molecule has 0 saturated heterocycles. The summed E-state index contributed by atoms with van der Waals surface area (Å²) in [6, 6.07) is 16.3. The maximum atomic E-state index is 14.7. The first-order valence-electron chi connectivity index (χ1n) is 13.5. The molecule has 0 saturated carbocycles. The Hall–Kier alpha value is -3.92. The van der Waals surface area contributed by atoms with E-state index in [4.69, 9.17) is 4.74 Å². The number of amides is 2. The fourth-order valence-electron chi connectivity index (χ4n) is 4.27. The fraction of sp³-hybridized carbons (Fsp3) is 0.355. The third-order valence-corrected chi connectivity index (χ3v) is 8.56. The number of hydrogen-bond acceptors (Lipinski definition) is 5. The topological polar surface area (TPSA) is 96.0 Å². The van der Waals surface area contributed by atoms with Crippen LogP contribution in [0.5, 0.6) is 5.75 Å². The molecule has 3 aromatic rings. The van der Waals surface area contributed by atoms with E-state index in [1.54, 1.807) is 50.2 Å². The van der Waals surface area contributed by atoms with Crippen LogP contribution in [0.3, 0.4) is 0 Å². The number of nitrogens with one attached hydrogen (secondary N) is 1. The standard InChI is InChI=1S/C31H38FN3O5S/c1-6-7-18-33-31(37)24(4)34(20-25-10-8-9-11-27(25)32)30(36)21-35(28-19-23(3)14-17-29(28)40-5)41(38,39)26-15-12-22(2)13-16-26/h8-17,19,24H,6-7,18,20-21H2,1-5H3,(H,33,37)/t24-/m1/s1. The van der Waals surface area contributed by atoms with Crippen LogP contribution in [0.2, 0.25) is 0 Å². The van der Waals surface area contributed by atoms with Gasteiger partial charge in [0.05, 0.1) is 17.7 Å². The minimum absolute atomic E-state index is 0.00882. The number of benzene rings is 3. The third-order valence-electron chi connectivity index (χ3n) is 6.79. The number of carbonyl (C=O) groups excluding carboxylic acids is 2. The molecule has 0 radical (unpaired) electrons. The Labute approximate surface area is 242 Å². The van der Waals surface area contributed by atoms with Gasteiger partial charge in [0, 0.05) is 18.7 Å². The number of hydrogen-bond donors (Lipinski definition) is 1. The average molecular weight is 584 g/mol. The van der Waals surface area contributed by atoms with Crippen LogP contribution in [-0.4, -0.2) is 51.4 Å². The van der Waals surface area contributed by atoms with Crippen molar-refractivity contribution in [3.05, 3.63) is 89.2 Å². The van der Waals surface area contributed by atoms with Gasteiger partial charge in [-0.3, -0.25) is 13.9 Å². The lowest BCUT2D eigenvalue weighted by Gasteiger charge is -2.32. The highest BCUT2D eigenvalue weighted by molar-refractivity contribution is 7.92. The fourth-order valence-corrected chi connectivity index (χ4v) is 5.69. The predicted octanol–water partition coefficient (Wildman–Crippen LogP) is 4.98. The van der Waals surface area contributed by atoms with Crippen LogP contribution in [0.15, 0.2) is 71.6 Å². The van der Waals surface area contributed by atoms with Gasteiger partial charge in [-0.05, 0) is 63.1 Å². The van der Waals surface area contributed by atoms with Gasteiger partial charge >= 0.3 is 0 Å². The highest BCUT2D eigenvalue weighted by Gasteiger charge is 2.34. The summed E-state index contributed by atoms with van der Waals surface area (Å²) in [7, 11) is -2.85. The first-order valence-corrected chi connectivity index (χ1v) is 15.0. The van der Waals surface area contributed by atoms with E-state index in [1.807, 2.05) is 13.8 Å². The number of methoxy groups -OCH3 is 1. The highest BCUT2D eigenvalue weighted by atomic mass is 32.2. The minimum Gasteiger partial charge on any atom is -0.495 e. The Kier molecular flexibility index (Phi) is 10.9. The number of nitrogens with zero attached hydrogens (tertiary/aromatic N) is 2. The van der Waals surface area contributed by atoms with Gasteiger partial charge in [0.1, 0.15) is 24.2 Å². The molecule has 0 unspecified atom stereocenters. The molecule has 0 spiro atoms. The van der Waals surface area contributed by atoms with Crippen molar-refractivity contribution in [3.63, 3.8) is 0 Å². The number of ether oxygens (including phenoxy) is 1. The Morgan fingerprint density at radius 2 is 1.66 bits per heavy atom. The monoisotopic (exact) mass is 583 g/mol. The molecule has 1 atom stereocenters. The van der Waals surface area contributed by atoms with Crippen molar-refractivity contribution in [3.8, 4) is 5.75 Å². The van der Waals surface area contributed by atoms with E-state index in [9.17, 15) is 22.4 Å². The zero-order valence-corrected chi connectivity index (χ0v) is 25.0. The van der Waals surface area contributed by atoms with E-state index in [-0.39, 0.29) is 28.4 Å². The SMILES string of the molecule is CCCCNC(=O)[C@@H](C)N(Cc1ccccc1F)C(=O)CN(c1cc(C)ccc1OC)S(=O)(=O)c1ccc(C)cc1. The van der Waals surface area contributed by atoms with Crippen molar-refractivity contribution in [1.29, 1.82) is 0 Å². The molecule has 10 heteroatoms. The second-order valence-electron chi connectivity index (χ2n) is 9.93. The number of sulfonamides is 1. The average Bonchev–Trinajstić information content (AvgIpc) is 2.95. The van der Waals surface area contributed by atoms with E-state index in [0.29, 0.717) is 6.54 Å². The lowest BCUT2D eigenvalue weighted by molar-refractivity contribution is -0.139. The van der Waals surface area contributed by atoms with Gasteiger partial charge in [0.25, 0.3) is 10.0 Å². The molecule has 0 aliphatic carbocycles. The van der Waals surface area contributed by atoms with Crippen LogP contribution in [0.4, 0.5) is 10.1 Å². The Balaban J connectivity index is 2.08. The predicted molar refractivity (Wildman–Crippen MR) is 158 cm³/mol. The van der Waals surface area contributed by atoms with Crippen molar-refractivity contribution in [2.24, 2.45) is 0 Å². The van der Waals surface area contributed by atoms with Crippen LogP contribution in [0.1, 0.15) is 43.4 Å². The number of unbranched alkanes of at least 4 members (excludes halogenated alkanes) is 1. The summed E-state index contributed by atoms with van der Waals surface area (Å²) in [4.78, 5) is 28.3.